The van der Waals surface area contributed by atoms with Crippen molar-refractivity contribution < 1.29 is 32.6 Å². The van der Waals surface area contributed by atoms with E-state index in [1.165, 1.54) is 58.0 Å². The third-order valence-electron chi connectivity index (χ3n) is 7.62. The highest BCUT2D eigenvalue weighted by Crippen LogP contribution is 2.45. The first-order valence-corrected chi connectivity index (χ1v) is 12.0. The Morgan fingerprint density at radius 2 is 1.62 bits per heavy atom. The molecule has 1 spiro atoms. The summed E-state index contributed by atoms with van der Waals surface area (Å²) in [5, 5.41) is 7.12. The van der Waals surface area contributed by atoms with Gasteiger partial charge in [0, 0.05) is 44.6 Å². The molecule has 9 heteroatoms. The van der Waals surface area contributed by atoms with Gasteiger partial charge in [-0.3, -0.25) is 4.79 Å². The lowest BCUT2D eigenvalue weighted by Crippen LogP contribution is -2.48. The smallest absolute Gasteiger partial charge is 0.475 e. The number of alkyl halides is 3. The van der Waals surface area contributed by atoms with Crippen LogP contribution in [0.1, 0.15) is 57.8 Å². The summed E-state index contributed by atoms with van der Waals surface area (Å²) in [7, 11) is 2.25. The number of ether oxygens (including phenoxy) is 1. The summed E-state index contributed by atoms with van der Waals surface area (Å²) >= 11 is 0. The maximum atomic E-state index is 12.8. The second-order valence-corrected chi connectivity index (χ2v) is 10.2. The topological polar surface area (TPSA) is 70.1 Å². The molecule has 184 valence electrons. The SMILES string of the molecule is CN1CC(COCC2CC2)C2(CCN(C(=O)C3CCCCC3)CC2)C1.O=C(O)C(F)(F)F. The van der Waals surface area contributed by atoms with Crippen molar-refractivity contribution in [3.05, 3.63) is 0 Å². The van der Waals surface area contributed by atoms with E-state index in [-0.39, 0.29) is 0 Å². The van der Waals surface area contributed by atoms with Crippen LogP contribution in [0.15, 0.2) is 0 Å². The number of piperidine rings is 1. The van der Waals surface area contributed by atoms with Crippen LogP contribution in [0.4, 0.5) is 13.2 Å². The minimum atomic E-state index is -5.08. The number of carbonyl (C=O) groups excluding carboxylic acids is 1. The molecule has 4 aliphatic rings. The molecule has 1 amide bonds. The van der Waals surface area contributed by atoms with Crippen molar-refractivity contribution in [2.75, 3.05) is 46.4 Å². The number of carboxylic acid groups (broad SMARTS) is 1. The van der Waals surface area contributed by atoms with Crippen LogP contribution in [0, 0.1) is 23.2 Å². The number of hydrogen-bond acceptors (Lipinski definition) is 4. The van der Waals surface area contributed by atoms with E-state index in [9.17, 15) is 18.0 Å². The fourth-order valence-electron chi connectivity index (χ4n) is 5.54. The van der Waals surface area contributed by atoms with Crippen LogP contribution in [0.5, 0.6) is 0 Å². The monoisotopic (exact) mass is 462 g/mol. The molecule has 6 nitrogen and oxygen atoms in total. The highest BCUT2D eigenvalue weighted by Gasteiger charge is 2.48. The van der Waals surface area contributed by atoms with Gasteiger partial charge in [-0.25, -0.2) is 4.79 Å². The van der Waals surface area contributed by atoms with E-state index in [0.717, 1.165) is 45.1 Å². The summed E-state index contributed by atoms with van der Waals surface area (Å²) < 4.78 is 37.8. The minimum Gasteiger partial charge on any atom is -0.475 e. The van der Waals surface area contributed by atoms with Crippen molar-refractivity contribution in [3.63, 3.8) is 0 Å². The van der Waals surface area contributed by atoms with Crippen molar-refractivity contribution >= 4 is 11.9 Å². The average molecular weight is 463 g/mol. The number of likely N-dealkylation sites (tertiary alicyclic amines) is 2. The lowest BCUT2D eigenvalue weighted by Gasteiger charge is -2.43. The van der Waals surface area contributed by atoms with Crippen molar-refractivity contribution in [3.8, 4) is 0 Å². The molecule has 0 aromatic carbocycles. The third-order valence-corrected chi connectivity index (χ3v) is 7.62. The van der Waals surface area contributed by atoms with Crippen molar-refractivity contribution in [2.45, 2.75) is 64.0 Å². The van der Waals surface area contributed by atoms with Gasteiger partial charge in [0.25, 0.3) is 0 Å². The van der Waals surface area contributed by atoms with Crippen molar-refractivity contribution in [1.82, 2.24) is 9.80 Å². The zero-order valence-corrected chi connectivity index (χ0v) is 19.0. The summed E-state index contributed by atoms with van der Waals surface area (Å²) in [6, 6.07) is 0. The van der Waals surface area contributed by atoms with E-state index < -0.39 is 12.1 Å². The van der Waals surface area contributed by atoms with Crippen LogP contribution >= 0.6 is 0 Å². The Morgan fingerprint density at radius 3 is 2.16 bits per heavy atom. The predicted octanol–water partition coefficient (Wildman–Crippen LogP) is 3.80. The number of carbonyl (C=O) groups is 2. The van der Waals surface area contributed by atoms with E-state index in [2.05, 4.69) is 16.8 Å². The summed E-state index contributed by atoms with van der Waals surface area (Å²) in [5.41, 5.74) is 0.391. The Balaban J connectivity index is 0.000000360. The molecule has 0 aromatic heterocycles. The highest BCUT2D eigenvalue weighted by molar-refractivity contribution is 5.79. The van der Waals surface area contributed by atoms with Crippen molar-refractivity contribution in [2.24, 2.45) is 23.2 Å². The molecule has 1 atom stereocenters. The van der Waals surface area contributed by atoms with Gasteiger partial charge >= 0.3 is 12.1 Å². The Kier molecular flexibility index (Phi) is 8.47. The quantitative estimate of drug-likeness (QED) is 0.673. The normalized spacial score (nSPS) is 26.6. The number of halogens is 3. The van der Waals surface area contributed by atoms with Gasteiger partial charge in [0.15, 0.2) is 0 Å². The van der Waals surface area contributed by atoms with E-state index in [4.69, 9.17) is 14.6 Å². The zero-order chi connectivity index (χ0) is 23.4. The van der Waals surface area contributed by atoms with Crippen LogP contribution in [0.3, 0.4) is 0 Å². The molecule has 4 fully saturated rings. The molecule has 1 N–H and O–H groups in total. The molecule has 0 bridgehead atoms. The van der Waals surface area contributed by atoms with Gasteiger partial charge in [0.1, 0.15) is 0 Å². The Bertz CT molecular complexity index is 640. The number of rotatable bonds is 5. The van der Waals surface area contributed by atoms with Crippen LogP contribution < -0.4 is 0 Å². The van der Waals surface area contributed by atoms with Crippen LogP contribution in [0.2, 0.25) is 0 Å². The minimum absolute atomic E-state index is 0.326. The van der Waals surface area contributed by atoms with Gasteiger partial charge in [0.05, 0.1) is 6.61 Å². The van der Waals surface area contributed by atoms with Gasteiger partial charge in [-0.2, -0.15) is 13.2 Å². The summed E-state index contributed by atoms with van der Waals surface area (Å²) in [6.07, 6.45) is 6.07. The molecular formula is C23H37F3N2O4. The van der Waals surface area contributed by atoms with Crippen LogP contribution in [-0.4, -0.2) is 79.4 Å². The molecule has 0 aromatic rings. The standard InChI is InChI=1S/C21H36N2O2.C2HF3O2/c1-22-13-19(15-25-14-17-7-8-17)21(16-22)9-11-23(12-10-21)20(24)18-5-3-2-4-6-18;3-2(4,5)1(6)7/h17-19H,2-16H2,1H3;(H,6,7). The second kappa shape index (κ2) is 10.7. The molecule has 32 heavy (non-hydrogen) atoms. The predicted molar refractivity (Wildman–Crippen MR) is 113 cm³/mol. The Morgan fingerprint density at radius 1 is 1.03 bits per heavy atom. The number of carboxylic acids is 1. The summed E-state index contributed by atoms with van der Waals surface area (Å²) in [5.74, 6) is -0.463. The molecule has 2 saturated carbocycles. The number of aliphatic carboxylic acids is 1. The molecule has 2 aliphatic carbocycles. The third kappa shape index (κ3) is 6.83. The maximum Gasteiger partial charge on any atom is 0.490 e. The Labute approximate surface area is 188 Å². The molecule has 1 unspecified atom stereocenters. The average Bonchev–Trinajstić information content (AvgIpc) is 3.52. The highest BCUT2D eigenvalue weighted by atomic mass is 19.4. The van der Waals surface area contributed by atoms with Gasteiger partial charge in [-0.15, -0.1) is 0 Å². The first-order valence-electron chi connectivity index (χ1n) is 12.0. The fraction of sp³-hybridized carbons (Fsp3) is 0.913. The Hall–Kier alpha value is -1.35. The van der Waals surface area contributed by atoms with Crippen LogP contribution in [0.25, 0.3) is 0 Å². The first kappa shape index (κ1) is 25.3. The van der Waals surface area contributed by atoms with Gasteiger partial charge < -0.3 is 19.6 Å². The van der Waals surface area contributed by atoms with Crippen molar-refractivity contribution in [1.29, 1.82) is 0 Å². The largest absolute Gasteiger partial charge is 0.490 e. The molecule has 2 aliphatic heterocycles. The lowest BCUT2D eigenvalue weighted by atomic mass is 9.71. The van der Waals surface area contributed by atoms with E-state index >= 15 is 0 Å². The van der Waals surface area contributed by atoms with E-state index in [0.29, 0.717) is 23.2 Å². The second-order valence-electron chi connectivity index (χ2n) is 10.2. The number of nitrogens with zero attached hydrogens (tertiary/aromatic N) is 2. The number of amides is 1. The van der Waals surface area contributed by atoms with E-state index in [1.807, 2.05) is 0 Å². The fourth-order valence-corrected chi connectivity index (χ4v) is 5.54. The van der Waals surface area contributed by atoms with Crippen LogP contribution in [-0.2, 0) is 14.3 Å². The van der Waals surface area contributed by atoms with Gasteiger partial charge in [0.2, 0.25) is 5.91 Å². The molecule has 4 rings (SSSR count). The summed E-state index contributed by atoms with van der Waals surface area (Å²) in [4.78, 5) is 26.4. The molecule has 0 radical (unpaired) electrons. The number of hydrogen-bond donors (Lipinski definition) is 1. The molecule has 2 heterocycles. The maximum absolute atomic E-state index is 12.8. The van der Waals surface area contributed by atoms with Gasteiger partial charge in [-0.1, -0.05) is 19.3 Å². The molecule has 2 saturated heterocycles. The van der Waals surface area contributed by atoms with Gasteiger partial charge in [-0.05, 0) is 56.9 Å². The van der Waals surface area contributed by atoms with E-state index in [1.54, 1.807) is 0 Å². The zero-order valence-electron chi connectivity index (χ0n) is 19.0. The lowest BCUT2D eigenvalue weighted by molar-refractivity contribution is -0.192. The summed E-state index contributed by atoms with van der Waals surface area (Å²) in [6.45, 7) is 6.21. The first-order chi connectivity index (χ1) is 15.1. The molecular weight excluding hydrogens is 425 g/mol.